The highest BCUT2D eigenvalue weighted by Gasteiger charge is 2.33. The molecular formula is C31H26F4N6O3S. The molecule has 1 fully saturated rings. The Morgan fingerprint density at radius 3 is 2.47 bits per heavy atom. The summed E-state index contributed by atoms with van der Waals surface area (Å²) in [5.74, 6) is -0.737. The second-order valence-electron chi connectivity index (χ2n) is 10.1. The molecule has 1 saturated heterocycles. The van der Waals surface area contributed by atoms with Gasteiger partial charge in [0.05, 0.1) is 17.1 Å². The van der Waals surface area contributed by atoms with Crippen LogP contribution < -0.4 is 15.0 Å². The first-order chi connectivity index (χ1) is 21.4. The molecule has 0 atom stereocenters. The van der Waals surface area contributed by atoms with Crippen molar-refractivity contribution in [3.63, 3.8) is 0 Å². The minimum absolute atomic E-state index is 0.129. The van der Waals surface area contributed by atoms with Gasteiger partial charge < -0.3 is 10.1 Å². The number of benzene rings is 3. The lowest BCUT2D eigenvalue weighted by atomic mass is 9.95. The maximum Gasteiger partial charge on any atom is 0.573 e. The van der Waals surface area contributed by atoms with Crippen molar-refractivity contribution in [1.82, 2.24) is 20.1 Å². The number of ether oxygens (including phenoxy) is 1. The Hall–Kier alpha value is -4.98. The Balaban J connectivity index is 1.25. The Morgan fingerprint density at radius 2 is 1.80 bits per heavy atom. The monoisotopic (exact) mass is 638 g/mol. The molecule has 0 aliphatic carbocycles. The summed E-state index contributed by atoms with van der Waals surface area (Å²) in [6.07, 6.45) is -2.51. The normalized spacial score (nSPS) is 14.8. The third-order valence-corrected chi connectivity index (χ3v) is 7.57. The number of hydrogen-bond donors (Lipinski definition) is 1. The van der Waals surface area contributed by atoms with Crippen LogP contribution in [-0.4, -0.2) is 44.0 Å². The number of nitrogens with zero attached hydrogens (tertiary/aromatic N) is 5. The molecule has 1 aromatic heterocycles. The molecule has 1 aliphatic heterocycles. The lowest BCUT2D eigenvalue weighted by Gasteiger charge is -2.23. The van der Waals surface area contributed by atoms with Gasteiger partial charge in [0, 0.05) is 17.3 Å². The molecular weight excluding hydrogens is 612 g/mol. The Labute approximate surface area is 259 Å². The minimum atomic E-state index is -4.79. The molecule has 0 bridgehead atoms. The van der Waals surface area contributed by atoms with Crippen LogP contribution in [0.2, 0.25) is 0 Å². The number of aryl methyl sites for hydroxylation is 1. The molecule has 14 heteroatoms. The zero-order valence-corrected chi connectivity index (χ0v) is 25.0. The lowest BCUT2D eigenvalue weighted by Crippen LogP contribution is -2.32. The van der Waals surface area contributed by atoms with Gasteiger partial charge in [0.2, 0.25) is 5.91 Å². The number of aliphatic imine (C=N–C) groups is 1. The predicted molar refractivity (Wildman–Crippen MR) is 164 cm³/mol. The molecule has 9 nitrogen and oxygen atoms in total. The summed E-state index contributed by atoms with van der Waals surface area (Å²) in [6, 6.07) is 16.0. The molecule has 1 N–H and O–H groups in total. The zero-order valence-electron chi connectivity index (χ0n) is 24.2. The minimum Gasteiger partial charge on any atom is -0.406 e. The fourth-order valence-electron chi connectivity index (χ4n) is 4.72. The van der Waals surface area contributed by atoms with E-state index in [4.69, 9.17) is 0 Å². The van der Waals surface area contributed by atoms with Crippen LogP contribution in [0.15, 0.2) is 84.2 Å². The van der Waals surface area contributed by atoms with Gasteiger partial charge in [-0.15, -0.1) is 18.3 Å². The summed E-state index contributed by atoms with van der Waals surface area (Å²) in [4.78, 5) is 35.0. The molecule has 3 amide bonds. The van der Waals surface area contributed by atoms with Gasteiger partial charge in [-0.1, -0.05) is 62.0 Å². The van der Waals surface area contributed by atoms with Crippen molar-refractivity contribution >= 4 is 40.4 Å². The standard InChI is InChI=1S/C31H26F4N6O3S/c1-18(2)27-19(3)5-4-6-25(27)41-26(42)16-45-30(41)38-29(43)36-15-24(32)20-7-9-21(10-8-20)28-37-17-40(39-28)22-11-13-23(14-12-22)44-31(33,34)35/h4-15,17-18H,16H2,1-3H3,(H,36,43)/b24-15-,38-30?. The van der Waals surface area contributed by atoms with Crippen molar-refractivity contribution in [2.75, 3.05) is 10.7 Å². The number of carbonyl (C=O) groups is 2. The van der Waals surface area contributed by atoms with Crippen molar-refractivity contribution in [3.8, 4) is 22.8 Å². The molecule has 2 heterocycles. The highest BCUT2D eigenvalue weighted by atomic mass is 32.2. The average molecular weight is 639 g/mol. The van der Waals surface area contributed by atoms with Crippen molar-refractivity contribution < 1.29 is 31.9 Å². The van der Waals surface area contributed by atoms with Crippen molar-refractivity contribution in [3.05, 3.63) is 95.9 Å². The summed E-state index contributed by atoms with van der Waals surface area (Å²) in [5.41, 5.74) is 3.84. The van der Waals surface area contributed by atoms with Crippen LogP contribution in [0.25, 0.3) is 22.9 Å². The number of amidine groups is 1. The smallest absolute Gasteiger partial charge is 0.406 e. The number of rotatable bonds is 7. The maximum atomic E-state index is 14.9. The molecule has 1 aliphatic rings. The summed E-state index contributed by atoms with van der Waals surface area (Å²) in [7, 11) is 0. The average Bonchev–Trinajstić information content (AvgIpc) is 3.62. The third-order valence-electron chi connectivity index (χ3n) is 6.65. The SMILES string of the molecule is Cc1cccc(N2C(=O)CSC2=NC(=O)N/C=C(\F)c2ccc(-c3ncn(-c4ccc(OC(F)(F)F)cc4)n3)cc2)c1C(C)C. The van der Waals surface area contributed by atoms with E-state index in [1.54, 1.807) is 12.1 Å². The van der Waals surface area contributed by atoms with E-state index in [1.165, 1.54) is 40.2 Å². The van der Waals surface area contributed by atoms with Crippen LogP contribution >= 0.6 is 11.8 Å². The molecule has 4 aromatic rings. The number of anilines is 1. The molecule has 0 radical (unpaired) electrons. The van der Waals surface area contributed by atoms with E-state index in [2.05, 4.69) is 25.1 Å². The van der Waals surface area contributed by atoms with Crippen LogP contribution in [0.5, 0.6) is 5.75 Å². The van der Waals surface area contributed by atoms with Crippen LogP contribution in [0, 0.1) is 6.92 Å². The van der Waals surface area contributed by atoms with E-state index < -0.39 is 18.2 Å². The van der Waals surface area contributed by atoms with Gasteiger partial charge in [-0.05, 0) is 54.3 Å². The highest BCUT2D eigenvalue weighted by Crippen LogP contribution is 2.35. The van der Waals surface area contributed by atoms with E-state index >= 15 is 0 Å². The first-order valence-corrected chi connectivity index (χ1v) is 14.6. The van der Waals surface area contributed by atoms with Crippen molar-refractivity contribution in [2.45, 2.75) is 33.1 Å². The number of alkyl halides is 3. The first-order valence-electron chi connectivity index (χ1n) is 13.6. The summed E-state index contributed by atoms with van der Waals surface area (Å²) >= 11 is 1.13. The Morgan fingerprint density at radius 1 is 1.09 bits per heavy atom. The molecule has 45 heavy (non-hydrogen) atoms. The number of carbonyl (C=O) groups excluding carboxylic acids is 2. The Bertz CT molecular complexity index is 1780. The fourth-order valence-corrected chi connectivity index (χ4v) is 5.58. The first kappa shape index (κ1) is 31.4. The quantitative estimate of drug-likeness (QED) is 0.212. The summed E-state index contributed by atoms with van der Waals surface area (Å²) < 4.78 is 57.3. The molecule has 3 aromatic carbocycles. The third kappa shape index (κ3) is 7.40. The summed E-state index contributed by atoms with van der Waals surface area (Å²) in [6.45, 7) is 6.01. The summed E-state index contributed by atoms with van der Waals surface area (Å²) in [5, 5.41) is 6.85. The van der Waals surface area contributed by atoms with Gasteiger partial charge >= 0.3 is 12.4 Å². The molecule has 0 unspecified atom stereocenters. The highest BCUT2D eigenvalue weighted by molar-refractivity contribution is 8.15. The van der Waals surface area contributed by atoms with Crippen molar-refractivity contribution in [1.29, 1.82) is 0 Å². The van der Waals surface area contributed by atoms with E-state index in [0.29, 0.717) is 22.8 Å². The molecule has 232 valence electrons. The second kappa shape index (κ2) is 12.9. The number of urea groups is 1. The van der Waals surface area contributed by atoms with Crippen LogP contribution in [-0.2, 0) is 4.79 Å². The van der Waals surface area contributed by atoms with E-state index in [0.717, 1.165) is 41.2 Å². The number of nitrogens with one attached hydrogen (secondary N) is 1. The predicted octanol–water partition coefficient (Wildman–Crippen LogP) is 7.38. The van der Waals surface area contributed by atoms with Gasteiger partial charge in [-0.3, -0.25) is 9.69 Å². The topological polar surface area (TPSA) is 102 Å². The van der Waals surface area contributed by atoms with Gasteiger partial charge in [0.25, 0.3) is 0 Å². The lowest BCUT2D eigenvalue weighted by molar-refractivity contribution is -0.274. The zero-order chi connectivity index (χ0) is 32.3. The number of aromatic nitrogens is 3. The number of hydrogen-bond acceptors (Lipinski definition) is 6. The molecule has 5 rings (SSSR count). The largest absolute Gasteiger partial charge is 0.573 e. The molecule has 0 saturated carbocycles. The van der Waals surface area contributed by atoms with E-state index in [-0.39, 0.29) is 34.1 Å². The second-order valence-corrected chi connectivity index (χ2v) is 11.1. The van der Waals surface area contributed by atoms with Crippen LogP contribution in [0.3, 0.4) is 0 Å². The maximum absolute atomic E-state index is 14.9. The Kier molecular flexibility index (Phi) is 9.04. The van der Waals surface area contributed by atoms with E-state index in [1.807, 2.05) is 39.0 Å². The van der Waals surface area contributed by atoms with Gasteiger partial charge in [0.15, 0.2) is 11.0 Å². The van der Waals surface area contributed by atoms with Crippen LogP contribution in [0.4, 0.5) is 28.0 Å². The molecule has 0 spiro atoms. The number of halogens is 4. The van der Waals surface area contributed by atoms with Crippen LogP contribution in [0.1, 0.15) is 36.5 Å². The van der Waals surface area contributed by atoms with Gasteiger partial charge in [0.1, 0.15) is 17.9 Å². The fraction of sp³-hybridized carbons (Fsp3) is 0.194. The number of thioether (sulfide) groups is 1. The number of amides is 3. The van der Waals surface area contributed by atoms with E-state index in [9.17, 15) is 27.2 Å². The van der Waals surface area contributed by atoms with Crippen molar-refractivity contribution in [2.24, 2.45) is 4.99 Å². The van der Waals surface area contributed by atoms with Gasteiger partial charge in [-0.2, -0.15) is 4.99 Å². The van der Waals surface area contributed by atoms with Gasteiger partial charge in [-0.25, -0.2) is 18.9 Å².